The minimum absolute atomic E-state index is 0.894. The van der Waals surface area contributed by atoms with Crippen LogP contribution in [0.15, 0.2) is 233 Å². The molecule has 0 N–H and O–H groups in total. The van der Waals surface area contributed by atoms with E-state index in [1.165, 1.54) is 27.5 Å². The third kappa shape index (κ3) is 6.06. The van der Waals surface area contributed by atoms with Crippen LogP contribution in [0.2, 0.25) is 0 Å². The van der Waals surface area contributed by atoms with E-state index in [-0.39, 0.29) is 0 Å². The topological polar surface area (TPSA) is 29.5 Å². The maximum absolute atomic E-state index is 6.42. The van der Waals surface area contributed by atoms with E-state index in [4.69, 9.17) is 8.83 Å². The van der Waals surface area contributed by atoms with Gasteiger partial charge >= 0.3 is 0 Å². The fourth-order valence-electron chi connectivity index (χ4n) is 9.07. The van der Waals surface area contributed by atoms with E-state index >= 15 is 0 Å². The molecule has 3 heteroatoms. The predicted molar refractivity (Wildman–Crippen MR) is 255 cm³/mol. The molecule has 0 fully saturated rings. The van der Waals surface area contributed by atoms with Gasteiger partial charge in [0.15, 0.2) is 0 Å². The van der Waals surface area contributed by atoms with Gasteiger partial charge in [-0.3, -0.25) is 0 Å². The van der Waals surface area contributed by atoms with Crippen LogP contribution >= 0.6 is 0 Å². The van der Waals surface area contributed by atoms with Crippen LogP contribution < -0.4 is 4.90 Å². The highest BCUT2D eigenvalue weighted by molar-refractivity contribution is 6.10. The summed E-state index contributed by atoms with van der Waals surface area (Å²) >= 11 is 0. The number of hydrogen-bond acceptors (Lipinski definition) is 3. The zero-order valence-electron chi connectivity index (χ0n) is 33.1. The number of nitrogens with zero attached hydrogens (tertiary/aromatic N) is 1. The number of para-hydroxylation sites is 3. The van der Waals surface area contributed by atoms with Crippen molar-refractivity contribution in [3.05, 3.63) is 224 Å². The molecule has 10 aromatic carbocycles. The van der Waals surface area contributed by atoms with Gasteiger partial charge in [0.25, 0.3) is 0 Å². The second-order valence-corrected chi connectivity index (χ2v) is 15.7. The number of fused-ring (bicyclic) bond motifs is 7. The van der Waals surface area contributed by atoms with Gasteiger partial charge in [0.1, 0.15) is 22.3 Å². The Morgan fingerprint density at radius 2 is 0.738 bits per heavy atom. The standard InChI is InChI=1S/C58H37NO2/c1-2-14-48-40(10-1)11-8-17-49(48)44-13-7-12-42(36-44)38-22-29-45(30-23-38)59(46-31-24-39(25-32-46)43-28-35-53-51-15-3-5-20-55(51)60-57(53)37-43)47-33-26-41(27-34-47)50-18-9-19-54-52-16-4-6-21-56(52)61-58(50)54/h1-37H. The molecule has 3 nitrogen and oxygen atoms in total. The summed E-state index contributed by atoms with van der Waals surface area (Å²) in [5.74, 6) is 0. The predicted octanol–water partition coefficient (Wildman–Crippen LogP) is 16.8. The van der Waals surface area contributed by atoms with E-state index < -0.39 is 0 Å². The molecule has 0 aliphatic heterocycles. The monoisotopic (exact) mass is 779 g/mol. The van der Waals surface area contributed by atoms with Crippen molar-refractivity contribution >= 4 is 71.7 Å². The number of hydrogen-bond donors (Lipinski definition) is 0. The van der Waals surface area contributed by atoms with Crippen LogP contribution in [0.5, 0.6) is 0 Å². The minimum atomic E-state index is 0.894. The quantitative estimate of drug-likeness (QED) is 0.161. The molecular weight excluding hydrogens is 743 g/mol. The summed E-state index contributed by atoms with van der Waals surface area (Å²) in [6.45, 7) is 0. The normalized spacial score (nSPS) is 11.6. The second kappa shape index (κ2) is 14.3. The number of benzene rings is 10. The smallest absolute Gasteiger partial charge is 0.143 e. The van der Waals surface area contributed by atoms with Gasteiger partial charge in [0.05, 0.1) is 0 Å². The molecule has 286 valence electrons. The Morgan fingerprint density at radius 3 is 1.46 bits per heavy atom. The van der Waals surface area contributed by atoms with Crippen molar-refractivity contribution in [2.75, 3.05) is 4.90 Å². The first-order valence-corrected chi connectivity index (χ1v) is 20.7. The average Bonchev–Trinajstić information content (AvgIpc) is 3.91. The lowest BCUT2D eigenvalue weighted by Gasteiger charge is -2.26. The van der Waals surface area contributed by atoms with Crippen LogP contribution in [0.4, 0.5) is 17.1 Å². The van der Waals surface area contributed by atoms with Crippen molar-refractivity contribution in [3.63, 3.8) is 0 Å². The van der Waals surface area contributed by atoms with Gasteiger partial charge in [-0.05, 0) is 116 Å². The Kier molecular flexibility index (Phi) is 8.17. The molecule has 12 rings (SSSR count). The molecule has 0 amide bonds. The summed E-state index contributed by atoms with van der Waals surface area (Å²) in [5.41, 5.74) is 16.0. The van der Waals surface area contributed by atoms with Crippen molar-refractivity contribution in [1.82, 2.24) is 0 Å². The Bertz CT molecular complexity index is 3570. The summed E-state index contributed by atoms with van der Waals surface area (Å²) in [4.78, 5) is 2.33. The van der Waals surface area contributed by atoms with Crippen LogP contribution in [0, 0.1) is 0 Å². The summed E-state index contributed by atoms with van der Waals surface area (Å²) < 4.78 is 12.7. The molecule has 0 saturated heterocycles. The van der Waals surface area contributed by atoms with Crippen LogP contribution in [0.1, 0.15) is 0 Å². The molecule has 2 aromatic heterocycles. The lowest BCUT2D eigenvalue weighted by atomic mass is 9.95. The molecule has 0 unspecified atom stereocenters. The molecule has 0 bridgehead atoms. The van der Waals surface area contributed by atoms with E-state index in [0.717, 1.165) is 88.8 Å². The molecule has 2 heterocycles. The van der Waals surface area contributed by atoms with Crippen molar-refractivity contribution in [1.29, 1.82) is 0 Å². The molecule has 0 aliphatic rings. The van der Waals surface area contributed by atoms with Gasteiger partial charge < -0.3 is 13.7 Å². The van der Waals surface area contributed by atoms with Crippen molar-refractivity contribution in [2.24, 2.45) is 0 Å². The lowest BCUT2D eigenvalue weighted by Crippen LogP contribution is -2.09. The molecule has 0 aliphatic carbocycles. The van der Waals surface area contributed by atoms with Gasteiger partial charge in [0.2, 0.25) is 0 Å². The highest BCUT2D eigenvalue weighted by Crippen LogP contribution is 2.41. The Morgan fingerprint density at radius 1 is 0.262 bits per heavy atom. The van der Waals surface area contributed by atoms with E-state index in [1.807, 2.05) is 24.3 Å². The van der Waals surface area contributed by atoms with Gasteiger partial charge in [-0.1, -0.05) is 158 Å². The third-order valence-electron chi connectivity index (χ3n) is 12.1. The second-order valence-electron chi connectivity index (χ2n) is 15.7. The molecule has 12 aromatic rings. The van der Waals surface area contributed by atoms with Crippen molar-refractivity contribution in [2.45, 2.75) is 0 Å². The third-order valence-corrected chi connectivity index (χ3v) is 12.1. The van der Waals surface area contributed by atoms with Gasteiger partial charge in [-0.25, -0.2) is 0 Å². The highest BCUT2D eigenvalue weighted by atomic mass is 16.3. The van der Waals surface area contributed by atoms with Crippen molar-refractivity contribution in [3.8, 4) is 44.5 Å². The molecule has 0 atom stereocenters. The average molecular weight is 780 g/mol. The molecule has 61 heavy (non-hydrogen) atoms. The highest BCUT2D eigenvalue weighted by Gasteiger charge is 2.17. The largest absolute Gasteiger partial charge is 0.456 e. The zero-order chi connectivity index (χ0) is 40.3. The Labute approximate surface area is 353 Å². The van der Waals surface area contributed by atoms with Crippen LogP contribution in [-0.4, -0.2) is 0 Å². The van der Waals surface area contributed by atoms with Crippen LogP contribution in [0.25, 0.3) is 99.2 Å². The summed E-state index contributed by atoms with van der Waals surface area (Å²) in [5, 5.41) is 7.03. The summed E-state index contributed by atoms with van der Waals surface area (Å²) in [6, 6.07) is 80.0. The van der Waals surface area contributed by atoms with Crippen LogP contribution in [0.3, 0.4) is 0 Å². The first kappa shape index (κ1) is 34.9. The van der Waals surface area contributed by atoms with Gasteiger partial charge in [-0.2, -0.15) is 0 Å². The summed E-state index contributed by atoms with van der Waals surface area (Å²) in [7, 11) is 0. The van der Waals surface area contributed by atoms with E-state index in [1.54, 1.807) is 0 Å². The maximum atomic E-state index is 6.42. The lowest BCUT2D eigenvalue weighted by molar-refractivity contribution is 0.669. The van der Waals surface area contributed by atoms with Gasteiger partial charge in [-0.15, -0.1) is 0 Å². The fraction of sp³-hybridized carbons (Fsp3) is 0. The fourth-order valence-corrected chi connectivity index (χ4v) is 9.07. The number of furan rings is 2. The Hall–Kier alpha value is -8.14. The van der Waals surface area contributed by atoms with E-state index in [9.17, 15) is 0 Å². The summed E-state index contributed by atoms with van der Waals surface area (Å²) in [6.07, 6.45) is 0. The van der Waals surface area contributed by atoms with Crippen molar-refractivity contribution < 1.29 is 8.83 Å². The first-order valence-electron chi connectivity index (χ1n) is 20.7. The molecular formula is C58H37NO2. The van der Waals surface area contributed by atoms with Crippen LogP contribution in [-0.2, 0) is 0 Å². The minimum Gasteiger partial charge on any atom is -0.456 e. The maximum Gasteiger partial charge on any atom is 0.143 e. The number of anilines is 3. The molecule has 0 saturated carbocycles. The first-order chi connectivity index (χ1) is 30.2. The number of rotatable bonds is 7. The zero-order valence-corrected chi connectivity index (χ0v) is 33.1. The van der Waals surface area contributed by atoms with E-state index in [2.05, 4.69) is 205 Å². The van der Waals surface area contributed by atoms with E-state index in [0.29, 0.717) is 0 Å². The SMILES string of the molecule is c1cc(-c2ccc(N(c3ccc(-c4ccc5c(c4)oc4ccccc45)cc3)c3ccc(-c4cccc5c4oc4ccccc45)cc3)cc2)cc(-c2cccc3ccccc23)c1. The van der Waals surface area contributed by atoms with Gasteiger partial charge in [0, 0.05) is 44.2 Å². The molecule has 0 radical (unpaired) electrons. The Balaban J connectivity index is 0.918. The molecule has 0 spiro atoms.